The Kier molecular flexibility index (Phi) is 3.69. The normalized spacial score (nSPS) is 10.4. The number of aryl methyl sites for hydroxylation is 1. The maximum atomic E-state index is 4.65. The van der Waals surface area contributed by atoms with Crippen molar-refractivity contribution in [2.75, 3.05) is 38.0 Å². The van der Waals surface area contributed by atoms with E-state index in [4.69, 9.17) is 0 Å². The van der Waals surface area contributed by atoms with Crippen LogP contribution in [0.3, 0.4) is 0 Å². The van der Waals surface area contributed by atoms with Gasteiger partial charge < -0.3 is 9.80 Å². The molecule has 2 rings (SSSR count). The highest BCUT2D eigenvalue weighted by atomic mass is 15.3. The highest BCUT2D eigenvalue weighted by Gasteiger charge is 2.15. The van der Waals surface area contributed by atoms with E-state index in [1.165, 1.54) is 0 Å². The lowest BCUT2D eigenvalue weighted by atomic mass is 10.0. The van der Waals surface area contributed by atoms with Crippen molar-refractivity contribution in [3.63, 3.8) is 0 Å². The summed E-state index contributed by atoms with van der Waals surface area (Å²) in [5.74, 6) is 1.68. The second-order valence-electron chi connectivity index (χ2n) is 4.96. The van der Waals surface area contributed by atoms with Gasteiger partial charge in [0.1, 0.15) is 5.82 Å². The van der Waals surface area contributed by atoms with E-state index in [0.29, 0.717) is 0 Å². The van der Waals surface area contributed by atoms with E-state index in [9.17, 15) is 0 Å². The van der Waals surface area contributed by atoms with Crippen molar-refractivity contribution < 1.29 is 0 Å². The third kappa shape index (κ3) is 2.67. The Morgan fingerprint density at radius 3 is 2.00 bits per heavy atom. The van der Waals surface area contributed by atoms with Gasteiger partial charge in [0.25, 0.3) is 0 Å². The maximum Gasteiger partial charge on any atom is 0.227 e. The lowest BCUT2D eigenvalue weighted by Gasteiger charge is -2.21. The average molecular weight is 256 g/mol. The van der Waals surface area contributed by atoms with Crippen molar-refractivity contribution in [1.82, 2.24) is 9.97 Å². The predicted octanol–water partition coefficient (Wildman–Crippen LogP) is 2.58. The van der Waals surface area contributed by atoms with Crippen LogP contribution in [0.4, 0.5) is 11.8 Å². The van der Waals surface area contributed by atoms with E-state index < -0.39 is 0 Å². The quantitative estimate of drug-likeness (QED) is 0.845. The molecule has 19 heavy (non-hydrogen) atoms. The van der Waals surface area contributed by atoms with Gasteiger partial charge in [0.2, 0.25) is 5.95 Å². The molecule has 2 aromatic rings. The van der Waals surface area contributed by atoms with Crippen LogP contribution in [0.5, 0.6) is 0 Å². The zero-order valence-electron chi connectivity index (χ0n) is 12.2. The third-order valence-electron chi connectivity index (χ3n) is 2.95. The van der Waals surface area contributed by atoms with Gasteiger partial charge in [-0.15, -0.1) is 0 Å². The molecule has 1 aromatic carbocycles. The predicted molar refractivity (Wildman–Crippen MR) is 80.9 cm³/mol. The monoisotopic (exact) mass is 256 g/mol. The van der Waals surface area contributed by atoms with Gasteiger partial charge in [-0.05, 0) is 12.5 Å². The number of nitrogens with zero attached hydrogens (tertiary/aromatic N) is 4. The van der Waals surface area contributed by atoms with Crippen LogP contribution in [0.15, 0.2) is 30.3 Å². The molecule has 1 aromatic heterocycles. The van der Waals surface area contributed by atoms with Crippen LogP contribution in [-0.2, 0) is 0 Å². The molecule has 0 saturated carbocycles. The van der Waals surface area contributed by atoms with Crippen LogP contribution in [-0.4, -0.2) is 38.2 Å². The molecule has 1 heterocycles. The molecule has 100 valence electrons. The summed E-state index contributed by atoms with van der Waals surface area (Å²) in [6.07, 6.45) is 0. The van der Waals surface area contributed by atoms with E-state index >= 15 is 0 Å². The van der Waals surface area contributed by atoms with Crippen molar-refractivity contribution in [2.45, 2.75) is 6.92 Å². The Morgan fingerprint density at radius 1 is 0.842 bits per heavy atom. The zero-order chi connectivity index (χ0) is 14.0. The molecule has 0 spiro atoms. The van der Waals surface area contributed by atoms with E-state index in [-0.39, 0.29) is 0 Å². The first-order valence-corrected chi connectivity index (χ1v) is 6.29. The lowest BCUT2D eigenvalue weighted by molar-refractivity contribution is 0.953. The van der Waals surface area contributed by atoms with Crippen LogP contribution < -0.4 is 9.80 Å². The third-order valence-corrected chi connectivity index (χ3v) is 2.95. The van der Waals surface area contributed by atoms with Crippen LogP contribution >= 0.6 is 0 Å². The molecular weight excluding hydrogens is 236 g/mol. The van der Waals surface area contributed by atoms with E-state index in [1.807, 2.05) is 63.1 Å². The van der Waals surface area contributed by atoms with Gasteiger partial charge in [0.05, 0.1) is 5.69 Å². The summed E-state index contributed by atoms with van der Waals surface area (Å²) in [7, 11) is 7.92. The molecule has 0 amide bonds. The minimum absolute atomic E-state index is 0.737. The van der Waals surface area contributed by atoms with Gasteiger partial charge in [-0.3, -0.25) is 0 Å². The number of anilines is 2. The summed E-state index contributed by atoms with van der Waals surface area (Å²) < 4.78 is 0. The van der Waals surface area contributed by atoms with Crippen molar-refractivity contribution in [3.8, 4) is 11.1 Å². The first-order chi connectivity index (χ1) is 9.00. The molecule has 0 fully saturated rings. The van der Waals surface area contributed by atoms with Gasteiger partial charge in [0, 0.05) is 33.8 Å². The SMILES string of the molecule is Cc1nc(N(C)C)nc(N(C)C)c1-c1ccccc1. The van der Waals surface area contributed by atoms with Gasteiger partial charge in [-0.2, -0.15) is 4.98 Å². The summed E-state index contributed by atoms with van der Waals surface area (Å²) in [5.41, 5.74) is 3.24. The number of hydrogen-bond donors (Lipinski definition) is 0. The van der Waals surface area contributed by atoms with Crippen LogP contribution in [0, 0.1) is 6.92 Å². The highest BCUT2D eigenvalue weighted by molar-refractivity contribution is 5.78. The molecule has 0 aliphatic heterocycles. The number of aromatic nitrogens is 2. The lowest BCUT2D eigenvalue weighted by Crippen LogP contribution is -2.19. The largest absolute Gasteiger partial charge is 0.362 e. The van der Waals surface area contributed by atoms with E-state index in [2.05, 4.69) is 22.1 Å². The first kappa shape index (κ1) is 13.3. The first-order valence-electron chi connectivity index (χ1n) is 6.29. The topological polar surface area (TPSA) is 32.3 Å². The molecule has 0 atom stereocenters. The minimum Gasteiger partial charge on any atom is -0.362 e. The standard InChI is InChI=1S/C15H20N4/c1-11-13(12-9-7-6-8-10-12)14(18(2)3)17-15(16-11)19(4)5/h6-10H,1-5H3. The maximum absolute atomic E-state index is 4.65. The van der Waals surface area contributed by atoms with Gasteiger partial charge >= 0.3 is 0 Å². The Morgan fingerprint density at radius 2 is 1.47 bits per heavy atom. The Bertz CT molecular complexity index is 562. The summed E-state index contributed by atoms with van der Waals surface area (Å²) in [6, 6.07) is 10.3. The molecule has 0 bridgehead atoms. The molecule has 4 heteroatoms. The molecule has 0 aliphatic carbocycles. The van der Waals surface area contributed by atoms with Gasteiger partial charge in [0.15, 0.2) is 0 Å². The van der Waals surface area contributed by atoms with E-state index in [1.54, 1.807) is 0 Å². The fraction of sp³-hybridized carbons (Fsp3) is 0.333. The number of hydrogen-bond acceptors (Lipinski definition) is 4. The van der Waals surface area contributed by atoms with Gasteiger partial charge in [-0.25, -0.2) is 4.98 Å². The Labute approximate surface area is 114 Å². The van der Waals surface area contributed by atoms with Crippen molar-refractivity contribution >= 4 is 11.8 Å². The number of rotatable bonds is 3. The summed E-state index contributed by atoms with van der Waals surface area (Å²) in [4.78, 5) is 13.2. The summed E-state index contributed by atoms with van der Waals surface area (Å²) in [5, 5.41) is 0. The molecule has 0 saturated heterocycles. The van der Waals surface area contributed by atoms with Crippen molar-refractivity contribution in [3.05, 3.63) is 36.0 Å². The average Bonchev–Trinajstić information content (AvgIpc) is 2.38. The van der Waals surface area contributed by atoms with Crippen LogP contribution in [0.25, 0.3) is 11.1 Å². The smallest absolute Gasteiger partial charge is 0.227 e. The summed E-state index contributed by atoms with van der Waals surface area (Å²) >= 11 is 0. The van der Waals surface area contributed by atoms with Gasteiger partial charge in [-0.1, -0.05) is 30.3 Å². The fourth-order valence-electron chi connectivity index (χ4n) is 2.01. The molecule has 0 aliphatic rings. The Balaban J connectivity index is 2.66. The molecule has 0 radical (unpaired) electrons. The van der Waals surface area contributed by atoms with Crippen molar-refractivity contribution in [1.29, 1.82) is 0 Å². The van der Waals surface area contributed by atoms with Crippen LogP contribution in [0.2, 0.25) is 0 Å². The second kappa shape index (κ2) is 5.26. The fourth-order valence-corrected chi connectivity index (χ4v) is 2.01. The zero-order valence-corrected chi connectivity index (χ0v) is 12.2. The van der Waals surface area contributed by atoms with Crippen molar-refractivity contribution in [2.24, 2.45) is 0 Å². The molecular formula is C15H20N4. The number of benzene rings is 1. The minimum atomic E-state index is 0.737. The summed E-state index contributed by atoms with van der Waals surface area (Å²) in [6.45, 7) is 2.03. The molecule has 0 N–H and O–H groups in total. The van der Waals surface area contributed by atoms with Crippen LogP contribution in [0.1, 0.15) is 5.69 Å². The second-order valence-corrected chi connectivity index (χ2v) is 4.96. The molecule has 0 unspecified atom stereocenters. The van der Waals surface area contributed by atoms with E-state index in [0.717, 1.165) is 28.6 Å². The highest BCUT2D eigenvalue weighted by Crippen LogP contribution is 2.31. The molecule has 4 nitrogen and oxygen atoms in total. The Hall–Kier alpha value is -2.10.